The molecule has 5 heteroatoms. The van der Waals surface area contributed by atoms with Crippen molar-refractivity contribution in [2.45, 2.75) is 25.9 Å². The first-order valence-corrected chi connectivity index (χ1v) is 6.71. The molecule has 0 heterocycles. The predicted molar refractivity (Wildman–Crippen MR) is 76.1 cm³/mol. The molecule has 1 fully saturated rings. The molecule has 0 saturated heterocycles. The Labute approximate surface area is 113 Å². The van der Waals surface area contributed by atoms with E-state index < -0.39 is 0 Å². The molecule has 19 heavy (non-hydrogen) atoms. The lowest BCUT2D eigenvalue weighted by atomic mass is 10.1. The molecule has 1 saturated carbocycles. The van der Waals surface area contributed by atoms with Gasteiger partial charge in [0.15, 0.2) is 0 Å². The van der Waals surface area contributed by atoms with Gasteiger partial charge in [-0.3, -0.25) is 4.79 Å². The van der Waals surface area contributed by atoms with Gasteiger partial charge in [0.2, 0.25) is 0 Å². The number of aliphatic hydroxyl groups excluding tert-OH is 1. The van der Waals surface area contributed by atoms with E-state index in [1.165, 1.54) is 0 Å². The zero-order valence-electron chi connectivity index (χ0n) is 11.1. The Morgan fingerprint density at radius 2 is 2.26 bits per heavy atom. The average molecular weight is 263 g/mol. The van der Waals surface area contributed by atoms with Crippen molar-refractivity contribution in [3.63, 3.8) is 0 Å². The summed E-state index contributed by atoms with van der Waals surface area (Å²) < 4.78 is 0. The van der Waals surface area contributed by atoms with Gasteiger partial charge in [-0.2, -0.15) is 0 Å². The van der Waals surface area contributed by atoms with E-state index in [1.54, 1.807) is 18.2 Å². The van der Waals surface area contributed by atoms with Crippen LogP contribution in [0.4, 0.5) is 11.4 Å². The van der Waals surface area contributed by atoms with Gasteiger partial charge in [0.1, 0.15) is 0 Å². The van der Waals surface area contributed by atoms with E-state index in [4.69, 9.17) is 5.73 Å². The maximum absolute atomic E-state index is 11.7. The summed E-state index contributed by atoms with van der Waals surface area (Å²) in [6, 6.07) is 5.12. The summed E-state index contributed by atoms with van der Waals surface area (Å²) in [6.07, 6.45) is 1.85. The molecular formula is C14H21N3O2. The number of hydrogen-bond acceptors (Lipinski definition) is 4. The summed E-state index contributed by atoms with van der Waals surface area (Å²) in [7, 11) is 0. The van der Waals surface area contributed by atoms with Crippen molar-refractivity contribution in [1.29, 1.82) is 0 Å². The molecule has 1 aromatic rings. The quantitative estimate of drug-likeness (QED) is 0.581. The van der Waals surface area contributed by atoms with Gasteiger partial charge in [-0.25, -0.2) is 0 Å². The van der Waals surface area contributed by atoms with E-state index in [2.05, 4.69) is 10.6 Å². The Kier molecular flexibility index (Phi) is 4.27. The second-order valence-corrected chi connectivity index (χ2v) is 4.95. The highest BCUT2D eigenvalue weighted by Gasteiger charge is 2.29. The van der Waals surface area contributed by atoms with E-state index in [1.807, 2.05) is 6.92 Å². The number of rotatable bonds is 6. The maximum atomic E-state index is 11.7. The molecule has 1 unspecified atom stereocenters. The minimum absolute atomic E-state index is 0.117. The van der Waals surface area contributed by atoms with Gasteiger partial charge in [-0.15, -0.1) is 0 Å². The van der Waals surface area contributed by atoms with E-state index in [-0.39, 0.29) is 12.0 Å². The number of carbonyl (C=O) groups excluding carboxylic acids is 1. The summed E-state index contributed by atoms with van der Waals surface area (Å²) in [5.74, 6) is 0.300. The molecule has 2 rings (SSSR count). The average Bonchev–Trinajstić information content (AvgIpc) is 3.22. The maximum Gasteiger partial charge on any atom is 0.251 e. The van der Waals surface area contributed by atoms with Crippen LogP contribution in [-0.2, 0) is 0 Å². The van der Waals surface area contributed by atoms with Crippen LogP contribution in [0.3, 0.4) is 0 Å². The number of anilines is 2. The molecule has 104 valence electrons. The van der Waals surface area contributed by atoms with Gasteiger partial charge < -0.3 is 21.5 Å². The van der Waals surface area contributed by atoms with E-state index in [0.29, 0.717) is 35.9 Å². The summed E-state index contributed by atoms with van der Waals surface area (Å²) >= 11 is 0. The molecule has 1 aromatic carbocycles. The van der Waals surface area contributed by atoms with Crippen LogP contribution in [0.1, 0.15) is 30.1 Å². The SMILES string of the molecule is CCNC(=O)c1ccc(N)c(NCC(O)C2CC2)c1. The molecule has 1 aliphatic carbocycles. The number of hydrogen-bond donors (Lipinski definition) is 4. The van der Waals surface area contributed by atoms with Gasteiger partial charge >= 0.3 is 0 Å². The fraction of sp³-hybridized carbons (Fsp3) is 0.500. The van der Waals surface area contributed by atoms with Gasteiger partial charge in [-0.05, 0) is 43.9 Å². The van der Waals surface area contributed by atoms with Crippen molar-refractivity contribution in [1.82, 2.24) is 5.32 Å². The predicted octanol–water partition coefficient (Wildman–Crippen LogP) is 1.20. The lowest BCUT2D eigenvalue weighted by molar-refractivity contribution is 0.0956. The second kappa shape index (κ2) is 5.93. The lowest BCUT2D eigenvalue weighted by Crippen LogP contribution is -2.24. The van der Waals surface area contributed by atoms with Crippen molar-refractivity contribution in [2.75, 3.05) is 24.1 Å². The molecule has 0 radical (unpaired) electrons. The number of nitrogen functional groups attached to an aromatic ring is 1. The minimum Gasteiger partial charge on any atom is -0.397 e. The molecule has 5 nitrogen and oxygen atoms in total. The molecule has 0 bridgehead atoms. The molecule has 1 amide bonds. The standard InChI is InChI=1S/C14H21N3O2/c1-2-16-14(19)10-5-6-11(15)12(7-10)17-8-13(18)9-3-4-9/h5-7,9,13,17-18H,2-4,8,15H2,1H3,(H,16,19). The van der Waals surface area contributed by atoms with Crippen molar-refractivity contribution in [2.24, 2.45) is 5.92 Å². The van der Waals surface area contributed by atoms with Gasteiger partial charge in [0.25, 0.3) is 5.91 Å². The van der Waals surface area contributed by atoms with E-state index in [9.17, 15) is 9.90 Å². The Bertz CT molecular complexity index is 458. The third-order valence-corrected chi connectivity index (χ3v) is 3.32. The zero-order chi connectivity index (χ0) is 13.8. The van der Waals surface area contributed by atoms with E-state index >= 15 is 0 Å². The first-order valence-electron chi connectivity index (χ1n) is 6.71. The topological polar surface area (TPSA) is 87.4 Å². The number of amides is 1. The third kappa shape index (κ3) is 3.61. The monoisotopic (exact) mass is 263 g/mol. The molecule has 5 N–H and O–H groups in total. The van der Waals surface area contributed by atoms with Crippen LogP contribution in [0, 0.1) is 5.92 Å². The van der Waals surface area contributed by atoms with Crippen molar-refractivity contribution in [3.8, 4) is 0 Å². The van der Waals surface area contributed by atoms with Crippen LogP contribution in [0.15, 0.2) is 18.2 Å². The number of nitrogens with one attached hydrogen (secondary N) is 2. The molecule has 0 spiro atoms. The van der Waals surface area contributed by atoms with Crippen LogP contribution in [0.2, 0.25) is 0 Å². The van der Waals surface area contributed by atoms with Gasteiger partial charge in [0.05, 0.1) is 17.5 Å². The summed E-state index contributed by atoms with van der Waals surface area (Å²) in [5.41, 5.74) is 7.71. The molecule has 1 atom stereocenters. The molecule has 0 aliphatic heterocycles. The number of carbonyl (C=O) groups is 1. The normalized spacial score (nSPS) is 15.9. The van der Waals surface area contributed by atoms with Crippen LogP contribution in [0.25, 0.3) is 0 Å². The fourth-order valence-electron chi connectivity index (χ4n) is 1.98. The van der Waals surface area contributed by atoms with Crippen LogP contribution < -0.4 is 16.4 Å². The fourth-order valence-corrected chi connectivity index (χ4v) is 1.98. The van der Waals surface area contributed by atoms with Crippen molar-refractivity contribution < 1.29 is 9.90 Å². The number of benzene rings is 1. The Morgan fingerprint density at radius 3 is 2.89 bits per heavy atom. The van der Waals surface area contributed by atoms with Crippen LogP contribution in [0.5, 0.6) is 0 Å². The summed E-state index contributed by atoms with van der Waals surface area (Å²) in [6.45, 7) is 2.93. The van der Waals surface area contributed by atoms with Crippen molar-refractivity contribution >= 4 is 17.3 Å². The minimum atomic E-state index is -0.340. The highest BCUT2D eigenvalue weighted by Crippen LogP contribution is 2.32. The molecule has 1 aliphatic rings. The zero-order valence-corrected chi connectivity index (χ0v) is 11.1. The first-order chi connectivity index (χ1) is 9.11. The highest BCUT2D eigenvalue weighted by molar-refractivity contribution is 5.96. The first kappa shape index (κ1) is 13.7. The lowest BCUT2D eigenvalue weighted by Gasteiger charge is -2.14. The van der Waals surface area contributed by atoms with Gasteiger partial charge in [-0.1, -0.05) is 0 Å². The Morgan fingerprint density at radius 1 is 1.53 bits per heavy atom. The highest BCUT2D eigenvalue weighted by atomic mass is 16.3. The second-order valence-electron chi connectivity index (χ2n) is 4.95. The number of nitrogens with two attached hydrogens (primary N) is 1. The Balaban J connectivity index is 2.01. The third-order valence-electron chi connectivity index (χ3n) is 3.32. The largest absolute Gasteiger partial charge is 0.397 e. The smallest absolute Gasteiger partial charge is 0.251 e. The number of aliphatic hydroxyl groups is 1. The summed E-state index contributed by atoms with van der Waals surface area (Å²) in [4.78, 5) is 11.7. The summed E-state index contributed by atoms with van der Waals surface area (Å²) in [5, 5.41) is 15.7. The Hall–Kier alpha value is -1.75. The van der Waals surface area contributed by atoms with Crippen molar-refractivity contribution in [3.05, 3.63) is 23.8 Å². The van der Waals surface area contributed by atoms with Crippen LogP contribution >= 0.6 is 0 Å². The molecular weight excluding hydrogens is 242 g/mol. The van der Waals surface area contributed by atoms with E-state index in [0.717, 1.165) is 12.8 Å². The van der Waals surface area contributed by atoms with Gasteiger partial charge in [0, 0.05) is 18.7 Å². The molecule has 0 aromatic heterocycles. The van der Waals surface area contributed by atoms with Crippen LogP contribution in [-0.4, -0.2) is 30.2 Å².